The predicted octanol–water partition coefficient (Wildman–Crippen LogP) is 5.76. The Labute approximate surface area is 194 Å². The number of carbonyl (C=O) groups is 1. The number of hydrogen-bond acceptors (Lipinski definition) is 3. The fourth-order valence-corrected chi connectivity index (χ4v) is 4.73. The standard InChI is InChI=1S/C23H20ClF3N2O3S/c1-2-16-8-10-17(11-9-16)28-22(30)15-29(33(31,32)19-6-4-3-5-7-19)18-12-13-21(24)20(14-18)23(25,26)27/h3-14H,2,15H2,1H3,(H,28,30). The largest absolute Gasteiger partial charge is 0.417 e. The van der Waals surface area contributed by atoms with E-state index in [2.05, 4.69) is 5.32 Å². The summed E-state index contributed by atoms with van der Waals surface area (Å²) in [5.41, 5.74) is -0.0685. The van der Waals surface area contributed by atoms with Crippen LogP contribution in [-0.4, -0.2) is 20.9 Å². The van der Waals surface area contributed by atoms with Crippen LogP contribution < -0.4 is 9.62 Å². The molecule has 5 nitrogen and oxygen atoms in total. The third kappa shape index (κ3) is 5.85. The molecule has 0 saturated carbocycles. The maximum Gasteiger partial charge on any atom is 0.417 e. The van der Waals surface area contributed by atoms with E-state index in [-0.39, 0.29) is 10.6 Å². The Hall–Kier alpha value is -3.04. The number of hydrogen-bond donors (Lipinski definition) is 1. The first-order valence-electron chi connectivity index (χ1n) is 9.85. The third-order valence-corrected chi connectivity index (χ3v) is 6.93. The Morgan fingerprint density at radius 2 is 1.64 bits per heavy atom. The van der Waals surface area contributed by atoms with Crippen molar-refractivity contribution in [3.8, 4) is 0 Å². The van der Waals surface area contributed by atoms with Crippen molar-refractivity contribution in [2.45, 2.75) is 24.4 Å². The van der Waals surface area contributed by atoms with Crippen molar-refractivity contribution < 1.29 is 26.4 Å². The van der Waals surface area contributed by atoms with E-state index in [4.69, 9.17) is 11.6 Å². The number of benzene rings is 3. The average Bonchev–Trinajstić information content (AvgIpc) is 2.78. The predicted molar refractivity (Wildman–Crippen MR) is 122 cm³/mol. The zero-order valence-electron chi connectivity index (χ0n) is 17.4. The van der Waals surface area contributed by atoms with Crippen molar-refractivity contribution in [3.63, 3.8) is 0 Å². The number of anilines is 2. The molecule has 33 heavy (non-hydrogen) atoms. The van der Waals surface area contributed by atoms with E-state index in [1.165, 1.54) is 24.3 Å². The average molecular weight is 497 g/mol. The highest BCUT2D eigenvalue weighted by molar-refractivity contribution is 7.92. The lowest BCUT2D eigenvalue weighted by molar-refractivity contribution is -0.137. The van der Waals surface area contributed by atoms with Gasteiger partial charge in [0.15, 0.2) is 0 Å². The zero-order valence-corrected chi connectivity index (χ0v) is 19.0. The smallest absolute Gasteiger partial charge is 0.325 e. The van der Waals surface area contributed by atoms with Gasteiger partial charge in [0.2, 0.25) is 5.91 Å². The number of sulfonamides is 1. The van der Waals surface area contributed by atoms with Gasteiger partial charge in [0.25, 0.3) is 10.0 Å². The molecule has 0 fully saturated rings. The number of carbonyl (C=O) groups excluding carboxylic acids is 1. The molecule has 0 atom stereocenters. The van der Waals surface area contributed by atoms with E-state index in [9.17, 15) is 26.4 Å². The molecule has 0 spiro atoms. The second-order valence-electron chi connectivity index (χ2n) is 7.09. The molecule has 1 amide bonds. The molecule has 3 aromatic carbocycles. The van der Waals surface area contributed by atoms with Crippen molar-refractivity contribution in [2.24, 2.45) is 0 Å². The van der Waals surface area contributed by atoms with Crippen LogP contribution in [0.5, 0.6) is 0 Å². The van der Waals surface area contributed by atoms with Gasteiger partial charge >= 0.3 is 6.18 Å². The molecule has 0 bridgehead atoms. The zero-order chi connectivity index (χ0) is 24.2. The lowest BCUT2D eigenvalue weighted by Crippen LogP contribution is -2.38. The molecule has 0 radical (unpaired) electrons. The molecule has 0 heterocycles. The van der Waals surface area contributed by atoms with Gasteiger partial charge in [0.05, 0.1) is 21.2 Å². The molecule has 0 saturated heterocycles. The van der Waals surface area contributed by atoms with Gasteiger partial charge in [0.1, 0.15) is 6.54 Å². The van der Waals surface area contributed by atoms with Crippen LogP contribution in [0.25, 0.3) is 0 Å². The fraction of sp³-hybridized carbons (Fsp3) is 0.174. The monoisotopic (exact) mass is 496 g/mol. The number of aryl methyl sites for hydroxylation is 1. The van der Waals surface area contributed by atoms with Crippen LogP contribution in [0.3, 0.4) is 0 Å². The van der Waals surface area contributed by atoms with E-state index >= 15 is 0 Å². The summed E-state index contributed by atoms with van der Waals surface area (Å²) in [7, 11) is -4.37. The Balaban J connectivity index is 2.00. The van der Waals surface area contributed by atoms with Crippen LogP contribution in [-0.2, 0) is 27.4 Å². The summed E-state index contributed by atoms with van der Waals surface area (Å²) in [5.74, 6) is -0.720. The van der Waals surface area contributed by atoms with Crippen LogP contribution in [0.4, 0.5) is 24.5 Å². The molecule has 0 aromatic heterocycles. The Morgan fingerprint density at radius 1 is 1.00 bits per heavy atom. The third-order valence-electron chi connectivity index (χ3n) is 4.81. The molecule has 0 unspecified atom stereocenters. The van der Waals surface area contributed by atoms with Crippen LogP contribution in [0.1, 0.15) is 18.1 Å². The lowest BCUT2D eigenvalue weighted by Gasteiger charge is -2.25. The number of alkyl halides is 3. The van der Waals surface area contributed by atoms with Crippen molar-refractivity contribution in [2.75, 3.05) is 16.2 Å². The summed E-state index contributed by atoms with van der Waals surface area (Å²) in [6.45, 7) is 1.23. The second kappa shape index (κ2) is 9.84. The minimum atomic E-state index is -4.81. The summed E-state index contributed by atoms with van der Waals surface area (Å²) in [4.78, 5) is 12.5. The van der Waals surface area contributed by atoms with Crippen molar-refractivity contribution >= 4 is 38.9 Å². The molecular formula is C23H20ClF3N2O3S. The van der Waals surface area contributed by atoms with Gasteiger partial charge < -0.3 is 5.32 Å². The summed E-state index contributed by atoms with van der Waals surface area (Å²) in [5, 5.41) is 2.00. The van der Waals surface area contributed by atoms with Gasteiger partial charge in [-0.2, -0.15) is 13.2 Å². The van der Waals surface area contributed by atoms with Crippen molar-refractivity contribution in [1.29, 1.82) is 0 Å². The second-order valence-corrected chi connectivity index (χ2v) is 9.35. The normalized spacial score (nSPS) is 11.8. The van der Waals surface area contributed by atoms with Crippen molar-refractivity contribution in [3.05, 3.63) is 88.9 Å². The summed E-state index contributed by atoms with van der Waals surface area (Å²) in [6, 6.07) is 16.8. The molecular weight excluding hydrogens is 477 g/mol. The van der Waals surface area contributed by atoms with Gasteiger partial charge in [-0.25, -0.2) is 8.42 Å². The number of nitrogens with one attached hydrogen (secondary N) is 1. The molecule has 174 valence electrons. The Kier molecular flexibility index (Phi) is 7.34. The number of amides is 1. The van der Waals surface area contributed by atoms with E-state index in [1.54, 1.807) is 18.2 Å². The van der Waals surface area contributed by atoms with E-state index < -0.39 is 39.2 Å². The SMILES string of the molecule is CCc1ccc(NC(=O)CN(c2ccc(Cl)c(C(F)(F)F)c2)S(=O)(=O)c2ccccc2)cc1. The fourth-order valence-electron chi connectivity index (χ4n) is 3.08. The van der Waals surface area contributed by atoms with Gasteiger partial charge in [-0.15, -0.1) is 0 Å². The number of halogens is 4. The topological polar surface area (TPSA) is 66.5 Å². The molecule has 1 N–H and O–H groups in total. The molecule has 3 aromatic rings. The number of nitrogens with zero attached hydrogens (tertiary/aromatic N) is 1. The number of rotatable bonds is 7. The summed E-state index contributed by atoms with van der Waals surface area (Å²) in [6.07, 6.45) is -4.01. The molecule has 0 aliphatic carbocycles. The molecule has 10 heteroatoms. The van der Waals surface area contributed by atoms with Crippen LogP contribution in [0.2, 0.25) is 5.02 Å². The first-order valence-corrected chi connectivity index (χ1v) is 11.7. The Bertz CT molecular complexity index is 1230. The maximum absolute atomic E-state index is 13.4. The van der Waals surface area contributed by atoms with Gasteiger partial charge in [-0.1, -0.05) is 48.9 Å². The van der Waals surface area contributed by atoms with E-state index in [0.29, 0.717) is 16.1 Å². The molecule has 0 aliphatic heterocycles. The highest BCUT2D eigenvalue weighted by Crippen LogP contribution is 2.38. The quantitative estimate of drug-likeness (QED) is 0.452. The van der Waals surface area contributed by atoms with E-state index in [1.807, 2.05) is 19.1 Å². The molecule has 0 aliphatic rings. The van der Waals surface area contributed by atoms with Crippen LogP contribution in [0, 0.1) is 0 Å². The Morgan fingerprint density at radius 3 is 2.21 bits per heavy atom. The highest BCUT2D eigenvalue weighted by Gasteiger charge is 2.35. The van der Waals surface area contributed by atoms with Crippen molar-refractivity contribution in [1.82, 2.24) is 0 Å². The lowest BCUT2D eigenvalue weighted by atomic mass is 10.1. The first kappa shape index (κ1) is 24.6. The van der Waals surface area contributed by atoms with Crippen LogP contribution in [0.15, 0.2) is 77.7 Å². The van der Waals surface area contributed by atoms with Gasteiger partial charge in [-0.3, -0.25) is 9.10 Å². The van der Waals surface area contributed by atoms with Crippen LogP contribution >= 0.6 is 11.6 Å². The van der Waals surface area contributed by atoms with E-state index in [0.717, 1.165) is 24.1 Å². The first-order chi connectivity index (χ1) is 15.5. The molecule has 3 rings (SSSR count). The summed E-state index contributed by atoms with van der Waals surface area (Å²) < 4.78 is 67.4. The van der Waals surface area contributed by atoms with Gasteiger partial charge in [-0.05, 0) is 54.4 Å². The minimum absolute atomic E-state index is 0.173. The minimum Gasteiger partial charge on any atom is -0.325 e. The maximum atomic E-state index is 13.4. The summed E-state index contributed by atoms with van der Waals surface area (Å²) >= 11 is 5.69. The van der Waals surface area contributed by atoms with Gasteiger partial charge in [0, 0.05) is 5.69 Å². The highest BCUT2D eigenvalue weighted by atomic mass is 35.5.